The van der Waals surface area contributed by atoms with E-state index in [0.29, 0.717) is 13.0 Å². The Bertz CT molecular complexity index is 1190. The van der Waals surface area contributed by atoms with Gasteiger partial charge in [-0.2, -0.15) is 0 Å². The molecule has 1 atom stereocenters. The van der Waals surface area contributed by atoms with Gasteiger partial charge in [0.1, 0.15) is 0 Å². The number of aromatic nitrogens is 2. The van der Waals surface area contributed by atoms with Gasteiger partial charge in [0, 0.05) is 19.1 Å². The Morgan fingerprint density at radius 3 is 2.61 bits per heavy atom. The number of hydrogen-bond acceptors (Lipinski definition) is 5. The van der Waals surface area contributed by atoms with Gasteiger partial charge in [-0.25, -0.2) is 13.4 Å². The molecule has 4 rings (SSSR count). The lowest BCUT2D eigenvalue weighted by Crippen LogP contribution is -2.41. The van der Waals surface area contributed by atoms with Crippen molar-refractivity contribution in [2.24, 2.45) is 0 Å². The number of para-hydroxylation sites is 2. The highest BCUT2D eigenvalue weighted by Crippen LogP contribution is 2.27. The second-order valence-electron chi connectivity index (χ2n) is 8.59. The molecular formula is C25H31N3O3S2. The van der Waals surface area contributed by atoms with Gasteiger partial charge in [0.25, 0.3) is 0 Å². The average molecular weight is 486 g/mol. The van der Waals surface area contributed by atoms with E-state index in [1.165, 1.54) is 11.8 Å². The number of imidazole rings is 1. The van der Waals surface area contributed by atoms with E-state index in [1.54, 1.807) is 4.90 Å². The first kappa shape index (κ1) is 23.8. The molecule has 0 spiro atoms. The van der Waals surface area contributed by atoms with Crippen molar-refractivity contribution < 1.29 is 13.2 Å². The van der Waals surface area contributed by atoms with Crippen LogP contribution in [0.25, 0.3) is 11.0 Å². The SMILES string of the molecule is CCCCCn1c(SCC(=O)N(Cc2ccccc2)[C@H]2CCS(=O)(=O)C2)nc2ccccc21. The van der Waals surface area contributed by atoms with Crippen molar-refractivity contribution in [3.8, 4) is 0 Å². The third-order valence-corrected chi connectivity index (χ3v) is 8.81. The van der Waals surface area contributed by atoms with E-state index in [4.69, 9.17) is 4.98 Å². The molecular weight excluding hydrogens is 454 g/mol. The van der Waals surface area contributed by atoms with Crippen molar-refractivity contribution in [1.82, 2.24) is 14.5 Å². The van der Waals surface area contributed by atoms with Gasteiger partial charge in [0.15, 0.2) is 15.0 Å². The van der Waals surface area contributed by atoms with Crippen molar-refractivity contribution in [3.05, 3.63) is 60.2 Å². The number of amides is 1. The lowest BCUT2D eigenvalue weighted by molar-refractivity contribution is -0.130. The van der Waals surface area contributed by atoms with E-state index < -0.39 is 9.84 Å². The van der Waals surface area contributed by atoms with Gasteiger partial charge < -0.3 is 9.47 Å². The summed E-state index contributed by atoms with van der Waals surface area (Å²) in [5, 5.41) is 0.847. The second-order valence-corrected chi connectivity index (χ2v) is 11.8. The Kier molecular flexibility index (Phi) is 7.75. The maximum atomic E-state index is 13.4. The maximum absolute atomic E-state index is 13.4. The molecule has 0 radical (unpaired) electrons. The Balaban J connectivity index is 1.52. The van der Waals surface area contributed by atoms with Crippen molar-refractivity contribution in [3.63, 3.8) is 0 Å². The smallest absolute Gasteiger partial charge is 0.233 e. The summed E-state index contributed by atoms with van der Waals surface area (Å²) in [5.74, 6) is 0.390. The number of sulfone groups is 1. The third-order valence-electron chi connectivity index (χ3n) is 6.09. The number of carbonyl (C=O) groups is 1. The largest absolute Gasteiger partial charge is 0.334 e. The van der Waals surface area contributed by atoms with E-state index in [2.05, 4.69) is 17.6 Å². The second kappa shape index (κ2) is 10.7. The molecule has 0 saturated carbocycles. The first-order valence-corrected chi connectivity index (χ1v) is 14.4. The molecule has 1 amide bonds. The van der Waals surface area contributed by atoms with Gasteiger partial charge >= 0.3 is 0 Å². The zero-order chi connectivity index (χ0) is 23.3. The Labute approximate surface area is 200 Å². The van der Waals surface area contributed by atoms with Crippen molar-refractivity contribution in [2.45, 2.75) is 56.9 Å². The van der Waals surface area contributed by atoms with Crippen LogP contribution in [0.1, 0.15) is 38.2 Å². The highest BCUT2D eigenvalue weighted by molar-refractivity contribution is 7.99. The fourth-order valence-corrected chi connectivity index (χ4v) is 6.99. The van der Waals surface area contributed by atoms with Crippen LogP contribution in [0.15, 0.2) is 59.8 Å². The summed E-state index contributed by atoms with van der Waals surface area (Å²) in [6.07, 6.45) is 3.86. The van der Waals surface area contributed by atoms with E-state index >= 15 is 0 Å². The topological polar surface area (TPSA) is 72.3 Å². The molecule has 1 aliphatic rings. The number of nitrogens with zero attached hydrogens (tertiary/aromatic N) is 3. The van der Waals surface area contributed by atoms with Crippen LogP contribution in [0.4, 0.5) is 0 Å². The van der Waals surface area contributed by atoms with Gasteiger partial charge in [-0.1, -0.05) is 74.0 Å². The summed E-state index contributed by atoms with van der Waals surface area (Å²) in [5.41, 5.74) is 3.03. The van der Waals surface area contributed by atoms with Crippen LogP contribution in [0.2, 0.25) is 0 Å². The molecule has 0 N–H and O–H groups in total. The van der Waals surface area contributed by atoms with Crippen LogP contribution >= 0.6 is 11.8 Å². The number of thioether (sulfide) groups is 1. The van der Waals surface area contributed by atoms with Crippen LogP contribution in [0.5, 0.6) is 0 Å². The fraction of sp³-hybridized carbons (Fsp3) is 0.440. The molecule has 1 aliphatic heterocycles. The van der Waals surface area contributed by atoms with Crippen LogP contribution in [0.3, 0.4) is 0 Å². The maximum Gasteiger partial charge on any atom is 0.233 e. The van der Waals surface area contributed by atoms with Crippen LogP contribution in [-0.2, 0) is 27.7 Å². The minimum absolute atomic E-state index is 0.0434. The molecule has 2 heterocycles. The molecule has 33 heavy (non-hydrogen) atoms. The quantitative estimate of drug-likeness (QED) is 0.312. The van der Waals surface area contributed by atoms with E-state index in [0.717, 1.165) is 47.6 Å². The number of aryl methyl sites for hydroxylation is 1. The molecule has 2 aromatic carbocycles. The number of benzene rings is 2. The molecule has 3 aromatic rings. The van der Waals surface area contributed by atoms with Crippen molar-refractivity contribution in [2.75, 3.05) is 17.3 Å². The number of rotatable bonds is 10. The molecule has 6 nitrogen and oxygen atoms in total. The molecule has 0 unspecified atom stereocenters. The minimum Gasteiger partial charge on any atom is -0.334 e. The highest BCUT2D eigenvalue weighted by Gasteiger charge is 2.34. The van der Waals surface area contributed by atoms with E-state index in [-0.39, 0.29) is 29.2 Å². The number of hydrogen-bond donors (Lipinski definition) is 0. The van der Waals surface area contributed by atoms with Gasteiger partial charge in [-0.3, -0.25) is 4.79 Å². The Morgan fingerprint density at radius 2 is 1.88 bits per heavy atom. The first-order chi connectivity index (χ1) is 16.0. The minimum atomic E-state index is -3.09. The predicted molar refractivity (Wildman–Crippen MR) is 134 cm³/mol. The van der Waals surface area contributed by atoms with E-state index in [9.17, 15) is 13.2 Å². The third kappa shape index (κ3) is 5.98. The first-order valence-electron chi connectivity index (χ1n) is 11.6. The molecule has 0 bridgehead atoms. The fourth-order valence-electron chi connectivity index (χ4n) is 4.33. The van der Waals surface area contributed by atoms with Gasteiger partial charge in [0.2, 0.25) is 5.91 Å². The summed E-state index contributed by atoms with van der Waals surface area (Å²) in [6.45, 7) is 3.48. The van der Waals surface area contributed by atoms with Crippen molar-refractivity contribution in [1.29, 1.82) is 0 Å². The van der Waals surface area contributed by atoms with Crippen LogP contribution in [-0.4, -0.2) is 52.1 Å². The molecule has 1 saturated heterocycles. The van der Waals surface area contributed by atoms with Crippen molar-refractivity contribution >= 4 is 38.5 Å². The van der Waals surface area contributed by atoms with Crippen LogP contribution < -0.4 is 0 Å². The normalized spacial score (nSPS) is 17.4. The molecule has 0 aliphatic carbocycles. The molecule has 1 fully saturated rings. The Hall–Kier alpha value is -2.32. The number of unbranched alkanes of at least 4 members (excludes halogenated alkanes) is 2. The summed E-state index contributed by atoms with van der Waals surface area (Å²) < 4.78 is 26.4. The standard InChI is InChI=1S/C25H31N3O3S2/c1-2-3-9-15-27-23-13-8-7-12-22(23)26-25(27)32-18-24(29)28(17-20-10-5-4-6-11-20)21-14-16-33(30,31)19-21/h4-8,10-13,21H,2-3,9,14-19H2,1H3/t21-/m0/s1. The summed E-state index contributed by atoms with van der Waals surface area (Å²) >= 11 is 1.45. The molecule has 1 aromatic heterocycles. The lowest BCUT2D eigenvalue weighted by atomic mass is 10.1. The summed E-state index contributed by atoms with van der Waals surface area (Å²) in [7, 11) is -3.09. The van der Waals surface area contributed by atoms with Gasteiger partial charge in [0.05, 0.1) is 28.3 Å². The lowest BCUT2D eigenvalue weighted by Gasteiger charge is -2.28. The Morgan fingerprint density at radius 1 is 1.12 bits per heavy atom. The monoisotopic (exact) mass is 485 g/mol. The average Bonchev–Trinajstić information content (AvgIpc) is 3.36. The predicted octanol–water partition coefficient (Wildman–Crippen LogP) is 4.53. The summed E-state index contributed by atoms with van der Waals surface area (Å²) in [4.78, 5) is 19.9. The van der Waals surface area contributed by atoms with Crippen LogP contribution in [0, 0.1) is 0 Å². The van der Waals surface area contributed by atoms with Gasteiger partial charge in [-0.05, 0) is 30.5 Å². The summed E-state index contributed by atoms with van der Waals surface area (Å²) in [6, 6.07) is 17.6. The number of carbonyl (C=O) groups excluding carboxylic acids is 1. The molecule has 176 valence electrons. The zero-order valence-corrected chi connectivity index (χ0v) is 20.7. The van der Waals surface area contributed by atoms with Gasteiger partial charge in [-0.15, -0.1) is 0 Å². The molecule has 8 heteroatoms. The van der Waals surface area contributed by atoms with E-state index in [1.807, 2.05) is 48.5 Å². The number of fused-ring (bicyclic) bond motifs is 1. The zero-order valence-electron chi connectivity index (χ0n) is 19.0. The highest BCUT2D eigenvalue weighted by atomic mass is 32.2.